The second kappa shape index (κ2) is 8.35. The van der Waals surface area contributed by atoms with E-state index in [-0.39, 0.29) is 30.6 Å². The van der Waals surface area contributed by atoms with Crippen molar-refractivity contribution in [3.63, 3.8) is 0 Å². The van der Waals surface area contributed by atoms with Crippen molar-refractivity contribution in [2.24, 2.45) is 0 Å². The lowest BCUT2D eigenvalue weighted by molar-refractivity contribution is 0.251. The molecule has 3 rings (SSSR count). The SMILES string of the molecule is CC(C)n1cc(S(=O)(=O)N(CCO)Cc2ccccc2)c(-c2cccs2)n1. The average molecular weight is 406 g/mol. The quantitative estimate of drug-likeness (QED) is 0.623. The van der Waals surface area contributed by atoms with Crippen LogP contribution in [0.2, 0.25) is 0 Å². The van der Waals surface area contributed by atoms with Crippen LogP contribution in [0.4, 0.5) is 0 Å². The van der Waals surface area contributed by atoms with Crippen molar-refractivity contribution in [3.05, 3.63) is 59.6 Å². The minimum atomic E-state index is -3.83. The molecule has 144 valence electrons. The van der Waals surface area contributed by atoms with Gasteiger partial charge < -0.3 is 5.11 Å². The van der Waals surface area contributed by atoms with Crippen molar-refractivity contribution in [2.45, 2.75) is 31.3 Å². The molecule has 2 heterocycles. The van der Waals surface area contributed by atoms with Crippen molar-refractivity contribution < 1.29 is 13.5 Å². The first-order valence-electron chi connectivity index (χ1n) is 8.71. The van der Waals surface area contributed by atoms with Crippen LogP contribution in [0.3, 0.4) is 0 Å². The van der Waals surface area contributed by atoms with Crippen LogP contribution in [0.5, 0.6) is 0 Å². The van der Waals surface area contributed by atoms with Gasteiger partial charge in [0.25, 0.3) is 0 Å². The number of hydrogen-bond donors (Lipinski definition) is 1. The minimum Gasteiger partial charge on any atom is -0.395 e. The Bertz CT molecular complexity index is 965. The van der Waals surface area contributed by atoms with Gasteiger partial charge in [-0.25, -0.2) is 8.42 Å². The monoisotopic (exact) mass is 405 g/mol. The van der Waals surface area contributed by atoms with Crippen LogP contribution in [0.15, 0.2) is 58.9 Å². The lowest BCUT2D eigenvalue weighted by Crippen LogP contribution is -2.33. The first kappa shape index (κ1) is 19.8. The van der Waals surface area contributed by atoms with Gasteiger partial charge in [0.2, 0.25) is 10.0 Å². The van der Waals surface area contributed by atoms with Crippen LogP contribution < -0.4 is 0 Å². The van der Waals surface area contributed by atoms with Gasteiger partial charge in [0.1, 0.15) is 10.6 Å². The van der Waals surface area contributed by atoms with E-state index in [0.717, 1.165) is 10.4 Å². The lowest BCUT2D eigenvalue weighted by atomic mass is 10.2. The summed E-state index contributed by atoms with van der Waals surface area (Å²) in [5, 5.41) is 15.9. The Morgan fingerprint density at radius 2 is 1.93 bits per heavy atom. The summed E-state index contributed by atoms with van der Waals surface area (Å²) in [6.45, 7) is 3.88. The fourth-order valence-corrected chi connectivity index (χ4v) is 5.08. The van der Waals surface area contributed by atoms with Crippen LogP contribution in [-0.2, 0) is 16.6 Å². The van der Waals surface area contributed by atoms with E-state index in [1.54, 1.807) is 10.9 Å². The summed E-state index contributed by atoms with van der Waals surface area (Å²) in [6, 6.07) is 13.1. The maximum atomic E-state index is 13.4. The molecule has 0 saturated heterocycles. The van der Waals surface area contributed by atoms with Crippen molar-refractivity contribution in [3.8, 4) is 10.6 Å². The number of rotatable bonds is 8. The molecular formula is C19H23N3O3S2. The average Bonchev–Trinajstić information content (AvgIpc) is 3.32. The van der Waals surface area contributed by atoms with E-state index in [1.165, 1.54) is 15.6 Å². The van der Waals surface area contributed by atoms with Gasteiger partial charge in [-0.2, -0.15) is 9.40 Å². The third-order valence-electron chi connectivity index (χ3n) is 4.15. The fourth-order valence-electron chi connectivity index (χ4n) is 2.73. The summed E-state index contributed by atoms with van der Waals surface area (Å²) >= 11 is 1.45. The molecule has 2 aromatic heterocycles. The number of aliphatic hydroxyl groups excluding tert-OH is 1. The molecule has 0 spiro atoms. The molecule has 0 aliphatic heterocycles. The van der Waals surface area contributed by atoms with Crippen LogP contribution in [-0.4, -0.2) is 40.8 Å². The molecule has 0 fully saturated rings. The first-order valence-corrected chi connectivity index (χ1v) is 11.0. The summed E-state index contributed by atoms with van der Waals surface area (Å²) in [5.74, 6) is 0. The second-order valence-electron chi connectivity index (χ2n) is 6.44. The minimum absolute atomic E-state index is 0.0218. The molecule has 0 amide bonds. The Balaban J connectivity index is 2.06. The van der Waals surface area contributed by atoms with E-state index in [2.05, 4.69) is 5.10 Å². The number of sulfonamides is 1. The Morgan fingerprint density at radius 1 is 1.19 bits per heavy atom. The molecule has 0 aliphatic carbocycles. The molecule has 1 aromatic carbocycles. The molecule has 1 N–H and O–H groups in total. The number of aliphatic hydroxyl groups is 1. The molecule has 6 nitrogen and oxygen atoms in total. The van der Waals surface area contributed by atoms with E-state index in [4.69, 9.17) is 0 Å². The van der Waals surface area contributed by atoms with Crippen molar-refractivity contribution in [1.29, 1.82) is 0 Å². The molecule has 27 heavy (non-hydrogen) atoms. The van der Waals surface area contributed by atoms with Gasteiger partial charge >= 0.3 is 0 Å². The zero-order valence-electron chi connectivity index (χ0n) is 15.3. The third kappa shape index (κ3) is 4.30. The standard InChI is InChI=1S/C19H23N3O3S2/c1-15(2)22-14-18(19(20-22)17-9-6-12-26-17)27(24,25)21(10-11-23)13-16-7-4-3-5-8-16/h3-9,12,14-15,23H,10-11,13H2,1-2H3. The highest BCUT2D eigenvalue weighted by atomic mass is 32.2. The van der Waals surface area contributed by atoms with Crippen LogP contribution in [0.25, 0.3) is 10.6 Å². The molecule has 0 aliphatic rings. The predicted octanol–water partition coefficient (Wildman–Crippen LogP) is 3.38. The van der Waals surface area contributed by atoms with E-state index < -0.39 is 10.0 Å². The van der Waals surface area contributed by atoms with Crippen molar-refractivity contribution in [1.82, 2.24) is 14.1 Å². The van der Waals surface area contributed by atoms with E-state index in [1.807, 2.05) is 61.7 Å². The van der Waals surface area contributed by atoms with Gasteiger partial charge in [-0.3, -0.25) is 4.68 Å². The topological polar surface area (TPSA) is 75.4 Å². The molecule has 0 saturated carbocycles. The highest BCUT2D eigenvalue weighted by Gasteiger charge is 2.30. The largest absolute Gasteiger partial charge is 0.395 e. The summed E-state index contributed by atoms with van der Waals surface area (Å²) < 4.78 is 29.9. The zero-order valence-corrected chi connectivity index (χ0v) is 16.9. The van der Waals surface area contributed by atoms with E-state index in [0.29, 0.717) is 5.69 Å². The smallest absolute Gasteiger partial charge is 0.247 e. The molecule has 3 aromatic rings. The summed E-state index contributed by atoms with van der Waals surface area (Å²) in [7, 11) is -3.83. The Hall–Kier alpha value is -2.00. The number of thiophene rings is 1. The second-order valence-corrected chi connectivity index (χ2v) is 9.29. The van der Waals surface area contributed by atoms with Crippen molar-refractivity contribution >= 4 is 21.4 Å². The number of hydrogen-bond acceptors (Lipinski definition) is 5. The lowest BCUT2D eigenvalue weighted by Gasteiger charge is -2.21. The van der Waals surface area contributed by atoms with Gasteiger partial charge in [-0.1, -0.05) is 36.4 Å². The third-order valence-corrected chi connectivity index (χ3v) is 6.87. The normalized spacial score (nSPS) is 12.2. The first-order chi connectivity index (χ1) is 12.9. The highest BCUT2D eigenvalue weighted by Crippen LogP contribution is 2.32. The van der Waals surface area contributed by atoms with Gasteiger partial charge in [0.05, 0.1) is 11.5 Å². The Labute approximate surface area is 163 Å². The Morgan fingerprint density at radius 3 is 2.52 bits per heavy atom. The molecular weight excluding hydrogens is 382 g/mol. The van der Waals surface area contributed by atoms with E-state index >= 15 is 0 Å². The molecule has 8 heteroatoms. The number of nitrogens with zero attached hydrogens (tertiary/aromatic N) is 3. The summed E-state index contributed by atoms with van der Waals surface area (Å²) in [5.41, 5.74) is 1.32. The van der Waals surface area contributed by atoms with Crippen LogP contribution >= 0.6 is 11.3 Å². The zero-order chi connectivity index (χ0) is 19.4. The van der Waals surface area contributed by atoms with Gasteiger partial charge in [-0.15, -0.1) is 11.3 Å². The predicted molar refractivity (Wildman–Crippen MR) is 107 cm³/mol. The van der Waals surface area contributed by atoms with Crippen molar-refractivity contribution in [2.75, 3.05) is 13.2 Å². The maximum absolute atomic E-state index is 13.4. The summed E-state index contributed by atoms with van der Waals surface area (Å²) in [4.78, 5) is 0.972. The van der Waals surface area contributed by atoms with Gasteiger partial charge in [0.15, 0.2) is 0 Å². The van der Waals surface area contributed by atoms with Gasteiger partial charge in [0, 0.05) is 25.3 Å². The van der Waals surface area contributed by atoms with Crippen LogP contribution in [0, 0.1) is 0 Å². The van der Waals surface area contributed by atoms with E-state index in [9.17, 15) is 13.5 Å². The van der Waals surface area contributed by atoms with Crippen LogP contribution in [0.1, 0.15) is 25.5 Å². The molecule has 0 radical (unpaired) electrons. The maximum Gasteiger partial charge on any atom is 0.247 e. The highest BCUT2D eigenvalue weighted by molar-refractivity contribution is 7.89. The molecule has 0 bridgehead atoms. The van der Waals surface area contributed by atoms with Gasteiger partial charge in [-0.05, 0) is 30.9 Å². The number of benzene rings is 1. The molecule has 0 atom stereocenters. The fraction of sp³-hybridized carbons (Fsp3) is 0.316. The molecule has 0 unspecified atom stereocenters. The summed E-state index contributed by atoms with van der Waals surface area (Å²) in [6.07, 6.45) is 1.59. The Kier molecular flexibility index (Phi) is 6.11. The number of aromatic nitrogens is 2.